The molecule has 2 heterocycles. The van der Waals surface area contributed by atoms with Crippen LogP contribution >= 0.6 is 11.6 Å². The summed E-state index contributed by atoms with van der Waals surface area (Å²) in [5.74, 6) is 0.965. The number of pyridine rings is 1. The normalized spacial score (nSPS) is 15.0. The maximum Gasteiger partial charge on any atom is 0.122 e. The standard InChI is InChI=1S/C14H13ClN2O/c15-12-8-17-5-3-11(12)14(16)10-1-2-13-9(7-10)4-6-18-13/h1-3,5,7-8,14H,4,6,16H2. The number of fused-ring (bicyclic) bond motifs is 1. The number of hydrogen-bond acceptors (Lipinski definition) is 3. The average molecular weight is 261 g/mol. The summed E-state index contributed by atoms with van der Waals surface area (Å²) in [4.78, 5) is 3.97. The lowest BCUT2D eigenvalue weighted by Crippen LogP contribution is -2.12. The van der Waals surface area contributed by atoms with Gasteiger partial charge in [0, 0.05) is 18.8 Å². The highest BCUT2D eigenvalue weighted by atomic mass is 35.5. The maximum atomic E-state index is 6.26. The molecule has 0 aliphatic carbocycles. The number of nitrogens with two attached hydrogens (primary N) is 1. The van der Waals surface area contributed by atoms with Crippen molar-refractivity contribution >= 4 is 11.6 Å². The maximum absolute atomic E-state index is 6.26. The van der Waals surface area contributed by atoms with Crippen LogP contribution in [0.3, 0.4) is 0 Å². The second kappa shape index (κ2) is 4.59. The molecule has 2 aromatic rings. The summed E-state index contributed by atoms with van der Waals surface area (Å²) in [6.07, 6.45) is 4.27. The molecular weight excluding hydrogens is 248 g/mol. The number of nitrogens with zero attached hydrogens (tertiary/aromatic N) is 1. The summed E-state index contributed by atoms with van der Waals surface area (Å²) in [6.45, 7) is 0.754. The van der Waals surface area contributed by atoms with E-state index in [1.165, 1.54) is 5.56 Å². The summed E-state index contributed by atoms with van der Waals surface area (Å²) >= 11 is 6.12. The lowest BCUT2D eigenvalue weighted by atomic mass is 9.98. The molecule has 0 bridgehead atoms. The van der Waals surface area contributed by atoms with Gasteiger partial charge in [-0.15, -0.1) is 0 Å². The molecule has 0 saturated carbocycles. The van der Waals surface area contributed by atoms with Crippen molar-refractivity contribution in [3.05, 3.63) is 58.4 Å². The fourth-order valence-corrected chi connectivity index (χ4v) is 2.45. The molecule has 0 amide bonds. The minimum atomic E-state index is -0.230. The van der Waals surface area contributed by atoms with E-state index in [0.717, 1.165) is 29.9 Å². The van der Waals surface area contributed by atoms with E-state index in [0.29, 0.717) is 5.02 Å². The lowest BCUT2D eigenvalue weighted by Gasteiger charge is -2.14. The van der Waals surface area contributed by atoms with Crippen LogP contribution in [-0.2, 0) is 6.42 Å². The van der Waals surface area contributed by atoms with Crippen LogP contribution in [0.1, 0.15) is 22.7 Å². The molecule has 18 heavy (non-hydrogen) atoms. The number of aromatic nitrogens is 1. The van der Waals surface area contributed by atoms with Gasteiger partial charge in [-0.1, -0.05) is 23.7 Å². The van der Waals surface area contributed by atoms with Gasteiger partial charge in [-0.25, -0.2) is 0 Å². The first-order chi connectivity index (χ1) is 8.75. The monoisotopic (exact) mass is 260 g/mol. The van der Waals surface area contributed by atoms with Crippen molar-refractivity contribution in [3.63, 3.8) is 0 Å². The summed E-state index contributed by atoms with van der Waals surface area (Å²) in [5, 5.41) is 0.599. The van der Waals surface area contributed by atoms with E-state index in [2.05, 4.69) is 11.1 Å². The first kappa shape index (κ1) is 11.5. The molecule has 1 aliphatic heterocycles. The topological polar surface area (TPSA) is 48.1 Å². The van der Waals surface area contributed by atoms with Crippen LogP contribution in [0.25, 0.3) is 0 Å². The van der Waals surface area contributed by atoms with Gasteiger partial charge >= 0.3 is 0 Å². The second-order valence-electron chi connectivity index (χ2n) is 4.34. The Bertz CT molecular complexity index is 586. The largest absolute Gasteiger partial charge is 0.493 e. The van der Waals surface area contributed by atoms with Crippen molar-refractivity contribution in [3.8, 4) is 5.75 Å². The molecule has 3 nitrogen and oxygen atoms in total. The molecule has 1 aromatic heterocycles. The summed E-state index contributed by atoms with van der Waals surface area (Å²) in [7, 11) is 0. The van der Waals surface area contributed by atoms with Crippen molar-refractivity contribution in [2.45, 2.75) is 12.5 Å². The third-order valence-electron chi connectivity index (χ3n) is 3.21. The fourth-order valence-electron chi connectivity index (χ4n) is 2.22. The van der Waals surface area contributed by atoms with Gasteiger partial charge in [-0.05, 0) is 28.8 Å². The Morgan fingerprint density at radius 3 is 3.06 bits per heavy atom. The first-order valence-corrected chi connectivity index (χ1v) is 6.24. The van der Waals surface area contributed by atoms with Crippen molar-refractivity contribution in [2.75, 3.05) is 6.61 Å². The molecule has 1 aliphatic rings. The summed E-state index contributed by atoms with van der Waals surface area (Å²) in [6, 6.07) is 7.70. The van der Waals surface area contributed by atoms with Gasteiger partial charge < -0.3 is 10.5 Å². The van der Waals surface area contributed by atoms with Crippen molar-refractivity contribution < 1.29 is 4.74 Å². The smallest absolute Gasteiger partial charge is 0.122 e. The van der Waals surface area contributed by atoms with Crippen LogP contribution in [-0.4, -0.2) is 11.6 Å². The minimum Gasteiger partial charge on any atom is -0.493 e. The van der Waals surface area contributed by atoms with Gasteiger partial charge in [0.1, 0.15) is 5.75 Å². The Balaban J connectivity index is 1.98. The zero-order chi connectivity index (χ0) is 12.5. The van der Waals surface area contributed by atoms with Crippen molar-refractivity contribution in [1.82, 2.24) is 4.98 Å². The molecule has 92 valence electrons. The van der Waals surface area contributed by atoms with Gasteiger partial charge in [0.25, 0.3) is 0 Å². The van der Waals surface area contributed by atoms with Gasteiger partial charge in [-0.2, -0.15) is 0 Å². The van der Waals surface area contributed by atoms with Gasteiger partial charge in [0.05, 0.1) is 17.7 Å². The van der Waals surface area contributed by atoms with Gasteiger partial charge in [0.2, 0.25) is 0 Å². The lowest BCUT2D eigenvalue weighted by molar-refractivity contribution is 0.357. The molecule has 2 N–H and O–H groups in total. The van der Waals surface area contributed by atoms with E-state index in [4.69, 9.17) is 22.1 Å². The Labute approximate surface area is 111 Å². The Kier molecular flexibility index (Phi) is 2.94. The predicted octanol–water partition coefficient (Wildman–Crippen LogP) is 2.72. The number of rotatable bonds is 2. The van der Waals surface area contributed by atoms with E-state index in [9.17, 15) is 0 Å². The zero-order valence-corrected chi connectivity index (χ0v) is 10.5. The summed E-state index contributed by atoms with van der Waals surface area (Å²) < 4.78 is 5.49. The Morgan fingerprint density at radius 2 is 2.22 bits per heavy atom. The summed E-state index contributed by atoms with van der Waals surface area (Å²) in [5.41, 5.74) is 9.42. The van der Waals surface area contributed by atoms with Crippen LogP contribution in [0, 0.1) is 0 Å². The highest BCUT2D eigenvalue weighted by molar-refractivity contribution is 6.31. The van der Waals surface area contributed by atoms with Crippen molar-refractivity contribution in [2.24, 2.45) is 5.73 Å². The van der Waals surface area contributed by atoms with Crippen molar-refractivity contribution in [1.29, 1.82) is 0 Å². The Hall–Kier alpha value is -1.58. The quantitative estimate of drug-likeness (QED) is 0.903. The molecule has 0 fully saturated rings. The van der Waals surface area contributed by atoms with E-state index in [-0.39, 0.29) is 6.04 Å². The number of hydrogen-bond donors (Lipinski definition) is 1. The van der Waals surface area contributed by atoms with Crippen LogP contribution in [0.2, 0.25) is 5.02 Å². The number of halogens is 1. The van der Waals surface area contributed by atoms with Gasteiger partial charge in [-0.3, -0.25) is 4.98 Å². The van der Waals surface area contributed by atoms with Crippen LogP contribution in [0.5, 0.6) is 5.75 Å². The molecule has 3 rings (SSSR count). The third kappa shape index (κ3) is 1.96. The Morgan fingerprint density at radius 1 is 1.33 bits per heavy atom. The predicted molar refractivity (Wildman–Crippen MR) is 70.9 cm³/mol. The van der Waals surface area contributed by atoms with E-state index in [1.54, 1.807) is 12.4 Å². The average Bonchev–Trinajstić information content (AvgIpc) is 2.85. The molecule has 4 heteroatoms. The molecule has 1 atom stereocenters. The number of ether oxygens (including phenoxy) is 1. The molecule has 1 unspecified atom stereocenters. The van der Waals surface area contributed by atoms with Gasteiger partial charge in [0.15, 0.2) is 0 Å². The van der Waals surface area contributed by atoms with Crippen LogP contribution < -0.4 is 10.5 Å². The first-order valence-electron chi connectivity index (χ1n) is 5.86. The zero-order valence-electron chi connectivity index (χ0n) is 9.77. The van der Waals surface area contributed by atoms with E-state index >= 15 is 0 Å². The highest BCUT2D eigenvalue weighted by Gasteiger charge is 2.17. The molecule has 0 radical (unpaired) electrons. The second-order valence-corrected chi connectivity index (χ2v) is 4.75. The molecule has 0 spiro atoms. The molecular formula is C14H13ClN2O. The third-order valence-corrected chi connectivity index (χ3v) is 3.53. The molecule has 1 aromatic carbocycles. The fraction of sp³-hybridized carbons (Fsp3) is 0.214. The SMILES string of the molecule is NC(c1ccc2c(c1)CCO2)c1ccncc1Cl. The van der Waals surface area contributed by atoms with Crippen LogP contribution in [0.4, 0.5) is 0 Å². The van der Waals surface area contributed by atoms with E-state index < -0.39 is 0 Å². The van der Waals surface area contributed by atoms with Crippen LogP contribution in [0.15, 0.2) is 36.7 Å². The molecule has 0 saturated heterocycles. The van der Waals surface area contributed by atoms with E-state index in [1.807, 2.05) is 18.2 Å². The highest BCUT2D eigenvalue weighted by Crippen LogP contribution is 2.31. The number of benzene rings is 1. The minimum absolute atomic E-state index is 0.230.